The minimum absolute atomic E-state index is 0.368. The van der Waals surface area contributed by atoms with E-state index in [0.717, 1.165) is 0 Å². The van der Waals surface area contributed by atoms with Crippen LogP contribution in [-0.2, 0) is 9.32 Å². The van der Waals surface area contributed by atoms with E-state index in [1.807, 2.05) is 0 Å². The van der Waals surface area contributed by atoms with Crippen molar-refractivity contribution < 1.29 is 14.4 Å². The zero-order valence-electron chi connectivity index (χ0n) is 5.73. The van der Waals surface area contributed by atoms with Gasteiger partial charge in [0.2, 0.25) is 0 Å². The van der Waals surface area contributed by atoms with E-state index in [1.165, 1.54) is 0 Å². The number of rotatable bonds is 4. The van der Waals surface area contributed by atoms with E-state index < -0.39 is 19.5 Å². The molecule has 5 unspecified atom stereocenters. The Hall–Kier alpha value is 1.11. The molecule has 8 heteroatoms. The van der Waals surface area contributed by atoms with E-state index >= 15 is 0 Å². The highest BCUT2D eigenvalue weighted by molar-refractivity contribution is 8.59. The maximum absolute atomic E-state index is 10.8. The summed E-state index contributed by atoms with van der Waals surface area (Å²) >= 11 is 0. The zero-order chi connectivity index (χ0) is 8.85. The van der Waals surface area contributed by atoms with Gasteiger partial charge in [0.15, 0.2) is 0 Å². The van der Waals surface area contributed by atoms with Crippen LogP contribution in [0.15, 0.2) is 0 Å². The second kappa shape index (κ2) is 6.61. The number of hydrogen-bond donors (Lipinski definition) is 2. The summed E-state index contributed by atoms with van der Waals surface area (Å²) in [5.41, 5.74) is 5.19. The van der Waals surface area contributed by atoms with Crippen molar-refractivity contribution in [1.82, 2.24) is 0 Å². The molecule has 0 spiro atoms. The van der Waals surface area contributed by atoms with Gasteiger partial charge in [0.05, 0.1) is 6.61 Å². The summed E-state index contributed by atoms with van der Waals surface area (Å²) in [6, 6.07) is -0.901. The van der Waals surface area contributed by atoms with Crippen molar-refractivity contribution in [2.24, 2.45) is 5.73 Å². The van der Waals surface area contributed by atoms with Crippen LogP contribution in [0.2, 0.25) is 0 Å². The predicted octanol–water partition coefficient (Wildman–Crippen LogP) is 0.420. The summed E-state index contributed by atoms with van der Waals surface area (Å²) in [5.74, 6) is -0.538. The molecule has 0 fully saturated rings. The largest absolute Gasteiger partial charge is 0.435 e. The molecule has 0 aliphatic heterocycles. The highest BCUT2D eigenvalue weighted by Crippen LogP contribution is 2.66. The molecule has 5 atom stereocenters. The molecule has 0 aromatic rings. The van der Waals surface area contributed by atoms with E-state index in [4.69, 9.17) is 15.4 Å². The van der Waals surface area contributed by atoms with Gasteiger partial charge in [-0.15, -0.1) is 8.93 Å². The average molecular weight is 233 g/mol. The van der Waals surface area contributed by atoms with Gasteiger partial charge >= 0.3 is 5.97 Å². The molecule has 0 saturated carbocycles. The number of aliphatic hydroxyl groups is 1. The van der Waals surface area contributed by atoms with Gasteiger partial charge in [-0.05, 0) is 7.96 Å². The molecule has 4 nitrogen and oxygen atoms in total. The first-order valence-electron chi connectivity index (χ1n) is 2.71. The molecule has 0 aromatic heterocycles. The fourth-order valence-corrected chi connectivity index (χ4v) is 1.86. The van der Waals surface area contributed by atoms with Gasteiger partial charge in [0.25, 0.3) is 0 Å². The van der Waals surface area contributed by atoms with Crippen LogP contribution in [0.5, 0.6) is 0 Å². The molecular weight excluding hydrogens is 222 g/mol. The van der Waals surface area contributed by atoms with Crippen molar-refractivity contribution in [3.63, 3.8) is 0 Å². The molecule has 0 amide bonds. The van der Waals surface area contributed by atoms with Crippen LogP contribution in [0, 0.1) is 0 Å². The van der Waals surface area contributed by atoms with Crippen molar-refractivity contribution in [3.05, 3.63) is 0 Å². The molecule has 11 heavy (non-hydrogen) atoms. The molecule has 66 valence electrons. The van der Waals surface area contributed by atoms with Crippen LogP contribution in [0.1, 0.15) is 0 Å². The van der Waals surface area contributed by atoms with Crippen LogP contribution in [-0.4, -0.2) is 23.7 Å². The number of hydrogen-bond acceptors (Lipinski definition) is 4. The summed E-state index contributed by atoms with van der Waals surface area (Å²) in [5, 5.41) is 8.46. The first kappa shape index (κ1) is 12.1. The topological polar surface area (TPSA) is 72.5 Å². The highest BCUT2D eigenvalue weighted by atomic mass is 32.6. The van der Waals surface area contributed by atoms with Gasteiger partial charge in [-0.2, -0.15) is 0 Å². The number of aliphatic hydroxyl groups excluding tert-OH is 1. The summed E-state index contributed by atoms with van der Waals surface area (Å²) in [4.78, 5) is 10.8. The maximum Gasteiger partial charge on any atom is 0.328 e. The first-order valence-corrected chi connectivity index (χ1v) is 9.24. The van der Waals surface area contributed by atoms with Crippen LogP contribution in [0.25, 0.3) is 0 Å². The molecule has 0 aliphatic carbocycles. The number of carbonyl (C=O) groups excluding carboxylic acids is 1. The lowest BCUT2D eigenvalue weighted by Gasteiger charge is -2.12. The lowest BCUT2D eigenvalue weighted by atomic mass is 10.3. The molecule has 0 aliphatic rings. The molecule has 0 heterocycles. The fraction of sp³-hybridized carbons (Fsp3) is 0.667. The van der Waals surface area contributed by atoms with Gasteiger partial charge in [-0.3, -0.25) is 4.79 Å². The van der Waals surface area contributed by atoms with Crippen molar-refractivity contribution >= 4 is 39.3 Å². The SMILES string of the molecule is NC(CO)C(=O)OP(P)PP. The summed E-state index contributed by atoms with van der Waals surface area (Å²) < 4.78 is 4.85. The molecule has 0 aromatic carbocycles. The lowest BCUT2D eigenvalue weighted by molar-refractivity contribution is -0.135. The minimum atomic E-state index is -0.901. The Bertz CT molecular complexity index is 134. The van der Waals surface area contributed by atoms with Gasteiger partial charge in [-0.25, -0.2) is 0 Å². The average Bonchev–Trinajstić information content (AvgIpc) is 2.02. The Morgan fingerprint density at radius 3 is 2.82 bits per heavy atom. The van der Waals surface area contributed by atoms with E-state index in [-0.39, 0.29) is 6.61 Å². The Labute approximate surface area is 72.7 Å². The quantitative estimate of drug-likeness (QED) is 0.690. The Balaban J connectivity index is 3.68. The molecule has 3 N–H and O–H groups in total. The summed E-state index contributed by atoms with van der Waals surface area (Å²) in [7, 11) is 4.60. The van der Waals surface area contributed by atoms with Crippen LogP contribution < -0.4 is 5.73 Å². The van der Waals surface area contributed by atoms with Crippen LogP contribution in [0.3, 0.4) is 0 Å². The zero-order valence-corrected chi connectivity index (χ0v) is 9.93. The van der Waals surface area contributed by atoms with E-state index in [1.54, 1.807) is 0 Å². The number of carbonyl (C=O) groups is 1. The van der Waals surface area contributed by atoms with Crippen molar-refractivity contribution in [2.45, 2.75) is 6.04 Å². The van der Waals surface area contributed by atoms with Gasteiger partial charge in [0.1, 0.15) is 13.6 Å². The first-order chi connectivity index (χ1) is 5.11. The summed E-state index contributed by atoms with van der Waals surface area (Å²) in [6.07, 6.45) is 0. The number of nitrogens with two attached hydrogens (primary N) is 1. The van der Waals surface area contributed by atoms with Crippen molar-refractivity contribution in [2.75, 3.05) is 6.61 Å². The van der Waals surface area contributed by atoms with Crippen molar-refractivity contribution in [3.8, 4) is 0 Å². The predicted molar refractivity (Wildman–Crippen MR) is 55.8 cm³/mol. The van der Waals surface area contributed by atoms with Gasteiger partial charge < -0.3 is 15.4 Å². The van der Waals surface area contributed by atoms with E-state index in [2.05, 4.69) is 17.9 Å². The van der Waals surface area contributed by atoms with Crippen LogP contribution in [0.4, 0.5) is 0 Å². The monoisotopic (exact) mass is 233 g/mol. The lowest BCUT2D eigenvalue weighted by Crippen LogP contribution is -2.34. The van der Waals surface area contributed by atoms with E-state index in [0.29, 0.717) is 7.96 Å². The third-order valence-electron chi connectivity index (χ3n) is 0.815. The standard InChI is InChI=1S/C3H11NO3P4/c4-2(1-5)3(6)7-11(9)10-8/h2,5,10H,1,4,8-9H2. The normalized spacial score (nSPS) is 16.7. The van der Waals surface area contributed by atoms with Crippen LogP contribution >= 0.6 is 33.3 Å². The minimum Gasteiger partial charge on any atom is -0.435 e. The smallest absolute Gasteiger partial charge is 0.328 e. The fourth-order valence-electron chi connectivity index (χ4n) is 0.266. The molecular formula is C3H11NO3P4. The molecule has 0 radical (unpaired) electrons. The highest BCUT2D eigenvalue weighted by Gasteiger charge is 2.15. The third kappa shape index (κ3) is 5.36. The Kier molecular flexibility index (Phi) is 7.27. The Morgan fingerprint density at radius 2 is 2.45 bits per heavy atom. The third-order valence-corrected chi connectivity index (χ3v) is 9.11. The Morgan fingerprint density at radius 1 is 1.91 bits per heavy atom. The molecule has 0 saturated heterocycles. The molecule has 0 rings (SSSR count). The maximum atomic E-state index is 10.8. The van der Waals surface area contributed by atoms with E-state index in [9.17, 15) is 4.79 Å². The second-order valence-corrected chi connectivity index (χ2v) is 10.1. The molecule has 0 bridgehead atoms. The second-order valence-electron chi connectivity index (χ2n) is 1.65. The van der Waals surface area contributed by atoms with Gasteiger partial charge in [-0.1, -0.05) is 8.93 Å². The van der Waals surface area contributed by atoms with Gasteiger partial charge in [0, 0.05) is 0 Å². The van der Waals surface area contributed by atoms with Crippen molar-refractivity contribution in [1.29, 1.82) is 0 Å². The summed E-state index contributed by atoms with van der Waals surface area (Å²) in [6.45, 7) is -0.368.